The van der Waals surface area contributed by atoms with Gasteiger partial charge in [-0.15, -0.1) is 0 Å². The fourth-order valence-electron chi connectivity index (χ4n) is 4.21. The number of halogens is 1. The Morgan fingerprint density at radius 3 is 2.33 bits per heavy atom. The van der Waals surface area contributed by atoms with E-state index in [1.165, 1.54) is 12.1 Å². The monoisotopic (exact) mass is 412 g/mol. The molecule has 0 fully saturated rings. The van der Waals surface area contributed by atoms with E-state index in [9.17, 15) is 9.18 Å². The van der Waals surface area contributed by atoms with Crippen molar-refractivity contribution in [3.8, 4) is 0 Å². The third-order valence-electron chi connectivity index (χ3n) is 5.79. The van der Waals surface area contributed by atoms with Crippen LogP contribution in [0, 0.1) is 5.82 Å². The van der Waals surface area contributed by atoms with Gasteiger partial charge in [0.15, 0.2) is 5.78 Å². The Balaban J connectivity index is 1.87. The van der Waals surface area contributed by atoms with Crippen LogP contribution in [0.25, 0.3) is 0 Å². The molecule has 1 aliphatic heterocycles. The molecule has 30 heavy (non-hydrogen) atoms. The molecule has 3 rings (SSSR count). The molecule has 0 unspecified atom stereocenters. The first-order chi connectivity index (χ1) is 14.3. The number of benzene rings is 2. The molecule has 0 radical (unpaired) electrons. The summed E-state index contributed by atoms with van der Waals surface area (Å²) in [5.74, 6) is -0.0781. The average molecular weight is 413 g/mol. The molecule has 1 aliphatic rings. The van der Waals surface area contributed by atoms with Crippen molar-refractivity contribution < 1.29 is 13.9 Å². The molecular weight excluding hydrogens is 379 g/mol. The molecule has 0 aromatic heterocycles. The summed E-state index contributed by atoms with van der Waals surface area (Å²) in [6, 6.07) is 12.6. The highest BCUT2D eigenvalue weighted by atomic mass is 19.1. The molecule has 0 N–H and O–H groups in total. The summed E-state index contributed by atoms with van der Waals surface area (Å²) >= 11 is 0. The number of fused-ring (bicyclic) bond motifs is 1. The number of carbonyl (C=O) groups excluding carboxylic acids is 1. The molecule has 4 nitrogen and oxygen atoms in total. The van der Waals surface area contributed by atoms with E-state index in [1.54, 1.807) is 0 Å². The highest BCUT2D eigenvalue weighted by Gasteiger charge is 2.41. The van der Waals surface area contributed by atoms with Crippen molar-refractivity contribution in [2.24, 2.45) is 0 Å². The largest absolute Gasteiger partial charge is 0.361 e. The number of hydrogen-bond acceptors (Lipinski definition) is 4. The van der Waals surface area contributed by atoms with Gasteiger partial charge in [-0.05, 0) is 95.4 Å². The second kappa shape index (κ2) is 9.82. The third-order valence-corrected chi connectivity index (χ3v) is 5.79. The van der Waals surface area contributed by atoms with Gasteiger partial charge < -0.3 is 14.5 Å². The van der Waals surface area contributed by atoms with E-state index in [1.807, 2.05) is 44.4 Å². The van der Waals surface area contributed by atoms with Gasteiger partial charge in [0.05, 0.1) is 6.61 Å². The molecule has 0 saturated carbocycles. The second-order valence-electron chi connectivity index (χ2n) is 8.73. The number of rotatable bonds is 10. The van der Waals surface area contributed by atoms with E-state index in [0.29, 0.717) is 13.0 Å². The second-order valence-corrected chi connectivity index (χ2v) is 8.73. The summed E-state index contributed by atoms with van der Waals surface area (Å²) in [6.45, 7) is 2.32. The average Bonchev–Trinajstić information content (AvgIpc) is 3.07. The van der Waals surface area contributed by atoms with Gasteiger partial charge in [0.2, 0.25) is 0 Å². The highest BCUT2D eigenvalue weighted by Crippen LogP contribution is 2.45. The molecule has 2 aromatic carbocycles. The molecule has 0 aliphatic carbocycles. The van der Waals surface area contributed by atoms with Gasteiger partial charge in [-0.2, -0.15) is 0 Å². The maximum atomic E-state index is 13.6. The Hall–Kier alpha value is -2.08. The molecule has 0 spiro atoms. The van der Waals surface area contributed by atoms with Crippen LogP contribution in [0.15, 0.2) is 42.5 Å². The van der Waals surface area contributed by atoms with Gasteiger partial charge in [0, 0.05) is 12.0 Å². The fraction of sp³-hybridized carbons (Fsp3) is 0.480. The number of carbonyl (C=O) groups is 1. The predicted molar refractivity (Wildman–Crippen MR) is 118 cm³/mol. The molecule has 5 heteroatoms. The molecule has 1 heterocycles. The van der Waals surface area contributed by atoms with Crippen molar-refractivity contribution in [2.45, 2.75) is 37.9 Å². The first-order valence-electron chi connectivity index (χ1n) is 10.7. The summed E-state index contributed by atoms with van der Waals surface area (Å²) < 4.78 is 20.0. The minimum atomic E-state index is -0.592. The first-order valence-corrected chi connectivity index (χ1v) is 10.7. The van der Waals surface area contributed by atoms with Crippen molar-refractivity contribution in [3.05, 3.63) is 70.5 Å². The number of hydrogen-bond donors (Lipinski definition) is 0. The van der Waals surface area contributed by atoms with Gasteiger partial charge in [0.25, 0.3) is 0 Å². The fourth-order valence-corrected chi connectivity index (χ4v) is 4.21. The molecule has 0 amide bonds. The van der Waals surface area contributed by atoms with Crippen LogP contribution in [0.2, 0.25) is 0 Å². The quantitative estimate of drug-likeness (QED) is 0.539. The maximum absolute atomic E-state index is 13.6. The van der Waals surface area contributed by atoms with E-state index in [-0.39, 0.29) is 11.6 Å². The molecular formula is C25H33FN2O2. The minimum Gasteiger partial charge on any atom is -0.361 e. The summed E-state index contributed by atoms with van der Waals surface area (Å²) in [5.41, 5.74) is 3.28. The van der Waals surface area contributed by atoms with Crippen LogP contribution >= 0.6 is 0 Å². The minimum absolute atomic E-state index is 0.173. The number of ether oxygens (including phenoxy) is 1. The van der Waals surface area contributed by atoms with Crippen molar-refractivity contribution >= 4 is 5.78 Å². The van der Waals surface area contributed by atoms with Gasteiger partial charge in [-0.25, -0.2) is 4.39 Å². The summed E-state index contributed by atoms with van der Waals surface area (Å²) in [5, 5.41) is 0. The van der Waals surface area contributed by atoms with Crippen molar-refractivity contribution in [3.63, 3.8) is 0 Å². The van der Waals surface area contributed by atoms with Crippen LogP contribution in [0.5, 0.6) is 0 Å². The van der Waals surface area contributed by atoms with Gasteiger partial charge in [0.1, 0.15) is 11.4 Å². The van der Waals surface area contributed by atoms with Crippen molar-refractivity contribution in [2.75, 3.05) is 41.3 Å². The number of nitrogens with zero attached hydrogens (tertiary/aromatic N) is 2. The molecule has 1 atom stereocenters. The van der Waals surface area contributed by atoms with E-state index in [2.05, 4.69) is 23.9 Å². The lowest BCUT2D eigenvalue weighted by Gasteiger charge is -2.31. The Morgan fingerprint density at radius 2 is 1.67 bits per heavy atom. The highest BCUT2D eigenvalue weighted by molar-refractivity contribution is 5.96. The number of ketones is 1. The van der Waals surface area contributed by atoms with Crippen LogP contribution in [0.3, 0.4) is 0 Å². The zero-order chi connectivity index (χ0) is 21.7. The van der Waals surface area contributed by atoms with Crippen LogP contribution in [-0.4, -0.2) is 56.9 Å². The Bertz CT molecular complexity index is 864. The Morgan fingerprint density at radius 1 is 1.00 bits per heavy atom. The standard InChI is InChI=1S/C25H33FN2O2/c1-27(2)15-5-7-24(29)19-8-13-23-20(17-19)18-30-25(23,14-6-16-28(3)4)21-9-11-22(26)12-10-21/h8-13,17H,5-7,14-16,18H2,1-4H3/t25-/m1/s1. The van der Waals surface area contributed by atoms with E-state index in [0.717, 1.165) is 54.6 Å². The molecule has 0 saturated heterocycles. The third kappa shape index (κ3) is 5.15. The Labute approximate surface area is 179 Å². The lowest BCUT2D eigenvalue weighted by molar-refractivity contribution is -0.0140. The molecule has 0 bridgehead atoms. The zero-order valence-corrected chi connectivity index (χ0v) is 18.6. The smallest absolute Gasteiger partial charge is 0.162 e. The SMILES string of the molecule is CN(C)CCCC(=O)c1ccc2c(c1)CO[C@]2(CCCN(C)C)c1ccc(F)cc1. The summed E-state index contributed by atoms with van der Waals surface area (Å²) in [6.07, 6.45) is 3.15. The van der Waals surface area contributed by atoms with Crippen LogP contribution in [-0.2, 0) is 16.9 Å². The van der Waals surface area contributed by atoms with Crippen molar-refractivity contribution in [1.29, 1.82) is 0 Å². The maximum Gasteiger partial charge on any atom is 0.162 e. The Kier molecular flexibility index (Phi) is 7.40. The van der Waals surface area contributed by atoms with E-state index < -0.39 is 5.60 Å². The molecule has 2 aromatic rings. The van der Waals surface area contributed by atoms with Crippen LogP contribution < -0.4 is 0 Å². The predicted octanol–water partition coefficient (Wildman–Crippen LogP) is 4.47. The lowest BCUT2D eigenvalue weighted by Crippen LogP contribution is -2.28. The zero-order valence-electron chi connectivity index (χ0n) is 18.6. The van der Waals surface area contributed by atoms with E-state index >= 15 is 0 Å². The summed E-state index contributed by atoms with van der Waals surface area (Å²) in [4.78, 5) is 16.9. The topological polar surface area (TPSA) is 32.8 Å². The number of Topliss-reactive ketones (excluding diaryl/α,β-unsaturated/α-hetero) is 1. The summed E-state index contributed by atoms with van der Waals surface area (Å²) in [7, 11) is 8.15. The van der Waals surface area contributed by atoms with Crippen LogP contribution in [0.1, 0.15) is 52.7 Å². The normalized spacial score (nSPS) is 18.2. The van der Waals surface area contributed by atoms with Gasteiger partial charge in [-0.1, -0.05) is 24.3 Å². The van der Waals surface area contributed by atoms with Crippen LogP contribution in [0.4, 0.5) is 4.39 Å². The lowest BCUT2D eigenvalue weighted by atomic mass is 9.81. The first kappa shape index (κ1) is 22.6. The van der Waals surface area contributed by atoms with E-state index in [4.69, 9.17) is 4.74 Å². The van der Waals surface area contributed by atoms with Crippen molar-refractivity contribution in [1.82, 2.24) is 9.80 Å². The molecule has 162 valence electrons. The van der Waals surface area contributed by atoms with Gasteiger partial charge in [-0.3, -0.25) is 4.79 Å². The van der Waals surface area contributed by atoms with Gasteiger partial charge >= 0.3 is 0 Å².